The second-order valence-corrected chi connectivity index (χ2v) is 16.9. The third-order valence-corrected chi connectivity index (χ3v) is 13.4. The molecule has 1 aliphatic heterocycles. The molecule has 8 aromatic rings. The van der Waals surface area contributed by atoms with E-state index in [0.29, 0.717) is 5.71 Å². The van der Waals surface area contributed by atoms with Gasteiger partial charge in [0.15, 0.2) is 0 Å². The molecule has 0 radical (unpaired) electrons. The van der Waals surface area contributed by atoms with E-state index in [9.17, 15) is 5.41 Å². The fraction of sp³-hybridized carbons (Fsp3) is 0.0909. The maximum Gasteiger partial charge on any atom is 0.0733 e. The first-order valence-corrected chi connectivity index (χ1v) is 20.8. The first-order valence-electron chi connectivity index (χ1n) is 20.0. The molecule has 0 unspecified atom stereocenters. The fourth-order valence-electron chi connectivity index (χ4n) is 9.52. The molecule has 1 spiro atoms. The van der Waals surface area contributed by atoms with E-state index in [-0.39, 0.29) is 5.41 Å². The maximum absolute atomic E-state index is 9.29. The first-order chi connectivity index (χ1) is 28.4. The highest BCUT2D eigenvalue weighted by molar-refractivity contribution is 7.99. The molecule has 0 fully saturated rings. The molecule has 2 nitrogen and oxygen atoms in total. The van der Waals surface area contributed by atoms with Gasteiger partial charge < -0.3 is 5.41 Å². The van der Waals surface area contributed by atoms with Crippen LogP contribution in [0.2, 0.25) is 0 Å². The van der Waals surface area contributed by atoms with E-state index in [0.717, 1.165) is 44.6 Å². The Kier molecular flexibility index (Phi) is 8.73. The van der Waals surface area contributed by atoms with Crippen LogP contribution in [0.25, 0.3) is 27.6 Å². The number of hydrogen-bond acceptors (Lipinski definition) is 3. The summed E-state index contributed by atoms with van der Waals surface area (Å²) in [7, 11) is 0. The lowest BCUT2D eigenvalue weighted by Gasteiger charge is -2.50. The zero-order chi connectivity index (χ0) is 39.4. The summed E-state index contributed by atoms with van der Waals surface area (Å²) in [5.74, 6) is 0. The second kappa shape index (κ2) is 14.1. The molecular formula is C55H42N2S. The molecule has 1 aliphatic carbocycles. The molecule has 0 atom stereocenters. The summed E-state index contributed by atoms with van der Waals surface area (Å²) in [6, 6.07) is 67.6. The van der Waals surface area contributed by atoms with E-state index >= 15 is 0 Å². The lowest BCUT2D eigenvalue weighted by molar-refractivity contribution is 0.549. The summed E-state index contributed by atoms with van der Waals surface area (Å²) in [5.41, 5.74) is 14.4. The smallest absolute Gasteiger partial charge is 0.0733 e. The van der Waals surface area contributed by atoms with Crippen molar-refractivity contribution >= 4 is 39.7 Å². The van der Waals surface area contributed by atoms with Crippen molar-refractivity contribution in [3.63, 3.8) is 0 Å². The van der Waals surface area contributed by atoms with Crippen LogP contribution in [0.1, 0.15) is 70.8 Å². The monoisotopic (exact) mass is 762 g/mol. The molecule has 10 rings (SSSR count). The number of rotatable bonds is 6. The highest BCUT2D eigenvalue weighted by Crippen LogP contribution is 2.61. The summed E-state index contributed by atoms with van der Waals surface area (Å²) >= 11 is 1.88. The highest BCUT2D eigenvalue weighted by Gasteiger charge is 2.52. The van der Waals surface area contributed by atoms with E-state index < -0.39 is 5.41 Å². The molecule has 0 aromatic heterocycles. The largest absolute Gasteiger partial charge is 0.300 e. The van der Waals surface area contributed by atoms with E-state index in [1.807, 2.05) is 48.2 Å². The van der Waals surface area contributed by atoms with Crippen molar-refractivity contribution in [3.8, 4) is 11.1 Å². The minimum absolute atomic E-state index is 0.284. The van der Waals surface area contributed by atoms with E-state index in [2.05, 4.69) is 178 Å². The lowest BCUT2D eigenvalue weighted by Crippen LogP contribution is -2.43. The van der Waals surface area contributed by atoms with E-state index in [4.69, 9.17) is 4.99 Å². The zero-order valence-corrected chi connectivity index (χ0v) is 33.6. The molecule has 0 bridgehead atoms. The van der Waals surface area contributed by atoms with Gasteiger partial charge >= 0.3 is 0 Å². The molecule has 58 heavy (non-hydrogen) atoms. The Morgan fingerprint density at radius 3 is 1.86 bits per heavy atom. The van der Waals surface area contributed by atoms with Crippen LogP contribution >= 0.6 is 11.8 Å². The van der Waals surface area contributed by atoms with Gasteiger partial charge in [-0.1, -0.05) is 195 Å². The summed E-state index contributed by atoms with van der Waals surface area (Å²) in [6.07, 6.45) is 1.93. The van der Waals surface area contributed by atoms with Gasteiger partial charge in [0.25, 0.3) is 0 Å². The fourth-order valence-corrected chi connectivity index (χ4v) is 10.7. The molecule has 0 saturated carbocycles. The van der Waals surface area contributed by atoms with E-state index in [1.165, 1.54) is 48.6 Å². The SMILES string of the molecule is CC(=N/C(=C\C(=N)c1ccccc1)c1ccccc1-c1ccc2c(c1)C(C)(C)c1ccccc1C21c2ccccc2Sc2ccccc21)c1cccc2ccccc12. The van der Waals surface area contributed by atoms with Crippen LogP contribution in [0.15, 0.2) is 209 Å². The first kappa shape index (κ1) is 35.8. The Hall–Kier alpha value is -6.55. The van der Waals surface area contributed by atoms with Crippen molar-refractivity contribution in [1.29, 1.82) is 5.41 Å². The van der Waals surface area contributed by atoms with Crippen molar-refractivity contribution in [3.05, 3.63) is 244 Å². The molecule has 2 aliphatic rings. The van der Waals surface area contributed by atoms with Crippen LogP contribution in [0.3, 0.4) is 0 Å². The van der Waals surface area contributed by atoms with Gasteiger partial charge in [-0.05, 0) is 92.0 Å². The predicted octanol–water partition coefficient (Wildman–Crippen LogP) is 13.9. The van der Waals surface area contributed by atoms with Crippen LogP contribution in [0.4, 0.5) is 0 Å². The van der Waals surface area contributed by atoms with Gasteiger partial charge in [-0.3, -0.25) is 4.99 Å². The van der Waals surface area contributed by atoms with E-state index in [1.54, 1.807) is 0 Å². The van der Waals surface area contributed by atoms with Gasteiger partial charge in [-0.25, -0.2) is 0 Å². The number of allylic oxidation sites excluding steroid dienone is 1. The van der Waals surface area contributed by atoms with Crippen molar-refractivity contribution in [2.45, 2.75) is 41.4 Å². The molecule has 3 heteroatoms. The van der Waals surface area contributed by atoms with Crippen molar-refractivity contribution in [2.75, 3.05) is 0 Å². The quantitative estimate of drug-likeness (QED) is 0.168. The van der Waals surface area contributed by atoms with Gasteiger partial charge in [-0.15, -0.1) is 0 Å². The number of benzene rings is 8. The van der Waals surface area contributed by atoms with Crippen molar-refractivity contribution in [1.82, 2.24) is 0 Å². The third-order valence-electron chi connectivity index (χ3n) is 12.3. The summed E-state index contributed by atoms with van der Waals surface area (Å²) < 4.78 is 0. The van der Waals surface area contributed by atoms with Crippen LogP contribution in [0.5, 0.6) is 0 Å². The minimum atomic E-state index is -0.479. The molecule has 1 N–H and O–H groups in total. The van der Waals surface area contributed by atoms with Gasteiger partial charge in [0.2, 0.25) is 0 Å². The van der Waals surface area contributed by atoms with Gasteiger partial charge in [-0.2, -0.15) is 0 Å². The number of fused-ring (bicyclic) bond motifs is 9. The molecule has 0 saturated heterocycles. The Morgan fingerprint density at radius 1 is 0.534 bits per heavy atom. The maximum atomic E-state index is 9.29. The van der Waals surface area contributed by atoms with Gasteiger partial charge in [0.05, 0.1) is 16.8 Å². The van der Waals surface area contributed by atoms with Crippen LogP contribution in [-0.4, -0.2) is 11.4 Å². The van der Waals surface area contributed by atoms with Gasteiger partial charge in [0, 0.05) is 32.0 Å². The topological polar surface area (TPSA) is 36.2 Å². The molecule has 278 valence electrons. The van der Waals surface area contributed by atoms with Crippen LogP contribution in [0, 0.1) is 5.41 Å². The van der Waals surface area contributed by atoms with Crippen molar-refractivity contribution < 1.29 is 0 Å². The lowest BCUT2D eigenvalue weighted by atomic mass is 9.54. The molecule has 8 aromatic carbocycles. The molecule has 0 amide bonds. The number of nitrogens with one attached hydrogen (secondary N) is 1. The van der Waals surface area contributed by atoms with Crippen LogP contribution in [-0.2, 0) is 10.8 Å². The van der Waals surface area contributed by atoms with Gasteiger partial charge in [0.1, 0.15) is 0 Å². The normalized spacial score (nSPS) is 14.9. The average molecular weight is 763 g/mol. The number of aliphatic imine (C=N–C) groups is 1. The van der Waals surface area contributed by atoms with Crippen LogP contribution < -0.4 is 0 Å². The number of hydrogen-bond donors (Lipinski definition) is 1. The third kappa shape index (κ3) is 5.64. The Balaban J connectivity index is 1.20. The summed E-state index contributed by atoms with van der Waals surface area (Å²) in [4.78, 5) is 8.01. The Morgan fingerprint density at radius 2 is 1.10 bits per heavy atom. The standard InChI is InChI=1S/C55H42N2S/c1-36(40-25-17-21-37-18-7-8-22-41(37)40)57-51(35-50(56)38-19-5-4-6-20-38)43-24-10-9-23-42(43)39-32-33-46-49(34-39)54(2,3)44-26-11-12-27-45(44)55(46)47-28-13-15-30-52(47)58-53-31-16-14-29-48(53)55/h4-35,56H,1-3H3/b51-35-,56-50?,57-36?. The highest BCUT2D eigenvalue weighted by atomic mass is 32.2. The number of nitrogens with zero attached hydrogens (tertiary/aromatic N) is 1. The molecular weight excluding hydrogens is 721 g/mol. The zero-order valence-electron chi connectivity index (χ0n) is 32.8. The molecule has 1 heterocycles. The summed E-state index contributed by atoms with van der Waals surface area (Å²) in [5, 5.41) is 11.6. The Bertz CT molecular complexity index is 2940. The second-order valence-electron chi connectivity index (χ2n) is 15.9. The Labute approximate surface area is 345 Å². The average Bonchev–Trinajstić information content (AvgIpc) is 3.27. The van der Waals surface area contributed by atoms with Crippen molar-refractivity contribution in [2.24, 2.45) is 4.99 Å². The minimum Gasteiger partial charge on any atom is -0.300 e. The predicted molar refractivity (Wildman–Crippen MR) is 244 cm³/mol. The summed E-state index contributed by atoms with van der Waals surface area (Å²) in [6.45, 7) is 6.85.